The summed E-state index contributed by atoms with van der Waals surface area (Å²) in [5.41, 5.74) is 5.38. The van der Waals surface area contributed by atoms with Gasteiger partial charge in [0.25, 0.3) is 0 Å². The molecule has 0 saturated heterocycles. The molecule has 0 amide bonds. The number of pyridine rings is 1. The normalized spacial score (nSPS) is 9.09. The van der Waals surface area contributed by atoms with Crippen molar-refractivity contribution in [2.24, 2.45) is 5.73 Å². The minimum Gasteiger partial charge on any atom is -0.381 e. The van der Waals surface area contributed by atoms with Crippen LogP contribution >= 0.6 is 0 Å². The lowest BCUT2D eigenvalue weighted by molar-refractivity contribution is 0.106. The summed E-state index contributed by atoms with van der Waals surface area (Å²) in [5, 5.41) is 6.85. The molecule has 4 nitrogen and oxygen atoms in total. The second-order valence-corrected chi connectivity index (χ2v) is 1.98. The highest BCUT2D eigenvalue weighted by Crippen LogP contribution is 1.96. The largest absolute Gasteiger partial charge is 0.381 e. The van der Waals surface area contributed by atoms with Crippen LogP contribution in [0.15, 0.2) is 24.5 Å². The van der Waals surface area contributed by atoms with Crippen molar-refractivity contribution in [2.45, 2.75) is 0 Å². The quantitative estimate of drug-likeness (QED) is 0.358. The van der Waals surface area contributed by atoms with Crippen molar-refractivity contribution >= 4 is 11.6 Å². The molecule has 1 heterocycles. The molecule has 0 aromatic carbocycles. The number of hydrogen-bond acceptors (Lipinski definition) is 3. The van der Waals surface area contributed by atoms with Crippen LogP contribution in [0, 0.1) is 5.41 Å². The lowest BCUT2D eigenvalue weighted by Crippen LogP contribution is -2.22. The Kier molecular flexibility index (Phi) is 1.96. The maximum absolute atomic E-state index is 11.0. The number of hydrogen-bond donors (Lipinski definition) is 2. The van der Waals surface area contributed by atoms with Gasteiger partial charge < -0.3 is 5.73 Å². The SMILES string of the molecule is N=C(N)C(=O)c1ccncc1. The summed E-state index contributed by atoms with van der Waals surface area (Å²) >= 11 is 0. The van der Waals surface area contributed by atoms with Crippen LogP contribution < -0.4 is 5.73 Å². The predicted molar refractivity (Wildman–Crippen MR) is 40.5 cm³/mol. The fourth-order valence-corrected chi connectivity index (χ4v) is 0.659. The fraction of sp³-hybridized carbons (Fsp3) is 0. The van der Waals surface area contributed by atoms with Crippen LogP contribution in [0.1, 0.15) is 10.4 Å². The second kappa shape index (κ2) is 2.92. The van der Waals surface area contributed by atoms with Gasteiger partial charge in [-0.25, -0.2) is 0 Å². The molecule has 11 heavy (non-hydrogen) atoms. The van der Waals surface area contributed by atoms with Gasteiger partial charge in [0.05, 0.1) is 0 Å². The molecule has 1 aromatic heterocycles. The Morgan fingerprint density at radius 3 is 2.45 bits per heavy atom. The molecule has 1 rings (SSSR count). The van der Waals surface area contributed by atoms with E-state index in [1.165, 1.54) is 24.5 Å². The molecule has 0 radical (unpaired) electrons. The predicted octanol–water partition coefficient (Wildman–Crippen LogP) is 0.200. The molecule has 4 heteroatoms. The summed E-state index contributed by atoms with van der Waals surface area (Å²) in [6.45, 7) is 0. The number of ketones is 1. The van der Waals surface area contributed by atoms with Gasteiger partial charge in [-0.15, -0.1) is 0 Å². The third-order valence-electron chi connectivity index (χ3n) is 1.19. The average molecular weight is 149 g/mol. The van der Waals surface area contributed by atoms with Crippen LogP contribution in [0.2, 0.25) is 0 Å². The molecule has 56 valence electrons. The molecule has 0 aliphatic carbocycles. The summed E-state index contributed by atoms with van der Waals surface area (Å²) in [6.07, 6.45) is 2.96. The van der Waals surface area contributed by atoms with Gasteiger partial charge in [0.15, 0.2) is 5.84 Å². The molecule has 0 aliphatic heterocycles. The molecule has 0 bridgehead atoms. The zero-order valence-electron chi connectivity index (χ0n) is 5.74. The van der Waals surface area contributed by atoms with E-state index in [0.29, 0.717) is 5.56 Å². The van der Waals surface area contributed by atoms with Crippen LogP contribution in [0.25, 0.3) is 0 Å². The lowest BCUT2D eigenvalue weighted by Gasteiger charge is -1.94. The Morgan fingerprint density at radius 2 is 2.00 bits per heavy atom. The maximum Gasteiger partial charge on any atom is 0.227 e. The van der Waals surface area contributed by atoms with Gasteiger partial charge in [-0.2, -0.15) is 0 Å². The van der Waals surface area contributed by atoms with E-state index >= 15 is 0 Å². The van der Waals surface area contributed by atoms with Gasteiger partial charge in [-0.05, 0) is 12.1 Å². The highest BCUT2D eigenvalue weighted by molar-refractivity contribution is 6.43. The minimum absolute atomic E-state index is 0.396. The molecule has 0 unspecified atom stereocenters. The standard InChI is InChI=1S/C7H7N3O/c8-7(9)6(11)5-1-3-10-4-2-5/h1-4H,(H3,8,9). The van der Waals surface area contributed by atoms with Crippen molar-refractivity contribution in [1.29, 1.82) is 5.41 Å². The third-order valence-corrected chi connectivity index (χ3v) is 1.19. The van der Waals surface area contributed by atoms with Gasteiger partial charge in [-0.3, -0.25) is 15.2 Å². The average Bonchev–Trinajstić information content (AvgIpc) is 2.05. The molecule has 0 atom stereocenters. The molecule has 0 aliphatic rings. The van der Waals surface area contributed by atoms with Crippen molar-refractivity contribution in [1.82, 2.24) is 4.98 Å². The Labute approximate surface area is 63.6 Å². The van der Waals surface area contributed by atoms with Gasteiger partial charge in [0, 0.05) is 18.0 Å². The number of amidine groups is 1. The Hall–Kier alpha value is -1.71. The molecular weight excluding hydrogens is 142 g/mol. The summed E-state index contributed by atoms with van der Waals surface area (Å²) in [6, 6.07) is 3.04. The number of rotatable bonds is 2. The number of nitrogens with one attached hydrogen (secondary N) is 1. The van der Waals surface area contributed by atoms with E-state index in [0.717, 1.165) is 0 Å². The minimum atomic E-state index is -0.465. The number of nitrogens with zero attached hydrogens (tertiary/aromatic N) is 1. The van der Waals surface area contributed by atoms with E-state index in [4.69, 9.17) is 11.1 Å². The molecule has 0 spiro atoms. The van der Waals surface area contributed by atoms with Crippen molar-refractivity contribution in [3.05, 3.63) is 30.1 Å². The summed E-state index contributed by atoms with van der Waals surface area (Å²) in [7, 11) is 0. The first kappa shape index (κ1) is 7.40. The molecule has 0 fully saturated rings. The van der Waals surface area contributed by atoms with E-state index in [-0.39, 0.29) is 0 Å². The molecule has 0 saturated carbocycles. The van der Waals surface area contributed by atoms with Gasteiger partial charge in [0.1, 0.15) is 0 Å². The molecular formula is C7H7N3O. The van der Waals surface area contributed by atoms with E-state index in [1.54, 1.807) is 0 Å². The van der Waals surface area contributed by atoms with Crippen molar-refractivity contribution in [3.63, 3.8) is 0 Å². The topological polar surface area (TPSA) is 79.8 Å². The first-order chi connectivity index (χ1) is 5.22. The second-order valence-electron chi connectivity index (χ2n) is 1.98. The van der Waals surface area contributed by atoms with Crippen molar-refractivity contribution < 1.29 is 4.79 Å². The smallest absolute Gasteiger partial charge is 0.227 e. The van der Waals surface area contributed by atoms with Crippen LogP contribution in [0.3, 0.4) is 0 Å². The van der Waals surface area contributed by atoms with Gasteiger partial charge >= 0.3 is 0 Å². The number of carbonyl (C=O) groups excluding carboxylic acids is 1. The first-order valence-corrected chi connectivity index (χ1v) is 3.00. The third kappa shape index (κ3) is 1.61. The molecule has 1 aromatic rings. The monoisotopic (exact) mass is 149 g/mol. The van der Waals surface area contributed by atoms with Gasteiger partial charge in [-0.1, -0.05) is 0 Å². The van der Waals surface area contributed by atoms with E-state index in [1.807, 2.05) is 0 Å². The molecule has 3 N–H and O–H groups in total. The highest BCUT2D eigenvalue weighted by atomic mass is 16.1. The fourth-order valence-electron chi connectivity index (χ4n) is 0.659. The van der Waals surface area contributed by atoms with Gasteiger partial charge in [0.2, 0.25) is 5.78 Å². The van der Waals surface area contributed by atoms with Crippen LogP contribution in [0.4, 0.5) is 0 Å². The van der Waals surface area contributed by atoms with Crippen LogP contribution in [0.5, 0.6) is 0 Å². The van der Waals surface area contributed by atoms with Crippen molar-refractivity contribution in [2.75, 3.05) is 0 Å². The maximum atomic E-state index is 11.0. The number of Topliss-reactive ketones (excluding diaryl/α,β-unsaturated/α-hetero) is 1. The summed E-state index contributed by atoms with van der Waals surface area (Å²) in [4.78, 5) is 14.7. The van der Waals surface area contributed by atoms with Crippen LogP contribution in [-0.2, 0) is 0 Å². The zero-order chi connectivity index (χ0) is 8.27. The summed E-state index contributed by atoms with van der Waals surface area (Å²) in [5.74, 6) is -0.913. The van der Waals surface area contributed by atoms with E-state index < -0.39 is 11.6 Å². The van der Waals surface area contributed by atoms with Crippen LogP contribution in [-0.4, -0.2) is 16.6 Å². The Bertz CT molecular complexity index is 281. The Balaban J connectivity index is 2.95. The zero-order valence-corrected chi connectivity index (χ0v) is 5.74. The Morgan fingerprint density at radius 1 is 1.45 bits per heavy atom. The highest BCUT2D eigenvalue weighted by Gasteiger charge is 2.06. The number of aromatic nitrogens is 1. The first-order valence-electron chi connectivity index (χ1n) is 3.00. The van der Waals surface area contributed by atoms with E-state index in [9.17, 15) is 4.79 Å². The lowest BCUT2D eigenvalue weighted by atomic mass is 10.2. The number of carbonyl (C=O) groups is 1. The van der Waals surface area contributed by atoms with E-state index in [2.05, 4.69) is 4.98 Å². The van der Waals surface area contributed by atoms with Crippen molar-refractivity contribution in [3.8, 4) is 0 Å². The summed E-state index contributed by atoms with van der Waals surface area (Å²) < 4.78 is 0. The number of nitrogens with two attached hydrogens (primary N) is 1.